The van der Waals surface area contributed by atoms with Crippen molar-refractivity contribution in [1.29, 1.82) is 0 Å². The molecule has 0 saturated heterocycles. The summed E-state index contributed by atoms with van der Waals surface area (Å²) < 4.78 is 0. The maximum Gasteiger partial charge on any atom is 0.251 e. The first-order valence-electron chi connectivity index (χ1n) is 7.84. The van der Waals surface area contributed by atoms with E-state index in [0.29, 0.717) is 11.5 Å². The van der Waals surface area contributed by atoms with E-state index in [4.69, 9.17) is 0 Å². The highest BCUT2D eigenvalue weighted by Gasteiger charge is 2.59. The predicted octanol–water partition coefficient (Wildman–Crippen LogP) is 3.65. The fourth-order valence-corrected chi connectivity index (χ4v) is 4.67. The van der Waals surface area contributed by atoms with E-state index >= 15 is 0 Å². The van der Waals surface area contributed by atoms with Gasteiger partial charge in [-0.1, -0.05) is 20.8 Å². The minimum Gasteiger partial charge on any atom is -0.508 e. The van der Waals surface area contributed by atoms with Crippen LogP contribution >= 0.6 is 0 Å². The predicted molar refractivity (Wildman–Crippen MR) is 83.3 cm³/mol. The monoisotopic (exact) mass is 287 g/mol. The van der Waals surface area contributed by atoms with Gasteiger partial charge < -0.3 is 10.4 Å². The molecule has 21 heavy (non-hydrogen) atoms. The molecule has 2 bridgehead atoms. The third-order valence-corrected chi connectivity index (χ3v) is 6.00. The van der Waals surface area contributed by atoms with Gasteiger partial charge in [0.2, 0.25) is 0 Å². The molecule has 2 saturated carbocycles. The summed E-state index contributed by atoms with van der Waals surface area (Å²) >= 11 is 0. The number of benzene rings is 1. The van der Waals surface area contributed by atoms with Crippen molar-refractivity contribution >= 4 is 5.91 Å². The Morgan fingerprint density at radius 2 is 2.05 bits per heavy atom. The summed E-state index contributed by atoms with van der Waals surface area (Å²) in [6, 6.07) is 5.27. The summed E-state index contributed by atoms with van der Waals surface area (Å²) in [4.78, 5) is 12.6. The van der Waals surface area contributed by atoms with Crippen molar-refractivity contribution in [3.05, 3.63) is 29.3 Å². The molecule has 2 aliphatic rings. The molecule has 0 aromatic heterocycles. The molecule has 1 aromatic rings. The second-order valence-electron chi connectivity index (χ2n) is 7.82. The lowest BCUT2D eigenvalue weighted by Crippen LogP contribution is -2.52. The van der Waals surface area contributed by atoms with Gasteiger partial charge in [0, 0.05) is 11.6 Å². The number of rotatable bonds is 2. The summed E-state index contributed by atoms with van der Waals surface area (Å²) in [5.41, 5.74) is 1.76. The van der Waals surface area contributed by atoms with Crippen molar-refractivity contribution in [1.82, 2.24) is 5.32 Å². The summed E-state index contributed by atoms with van der Waals surface area (Å²) in [6.45, 7) is 8.70. The maximum atomic E-state index is 12.6. The molecule has 1 aromatic carbocycles. The molecule has 3 unspecified atom stereocenters. The van der Waals surface area contributed by atoms with Crippen LogP contribution in [-0.2, 0) is 0 Å². The number of phenols is 1. The van der Waals surface area contributed by atoms with E-state index in [2.05, 4.69) is 26.1 Å². The van der Waals surface area contributed by atoms with Crippen LogP contribution in [0.25, 0.3) is 0 Å². The van der Waals surface area contributed by atoms with Crippen LogP contribution in [0.2, 0.25) is 0 Å². The van der Waals surface area contributed by atoms with E-state index < -0.39 is 0 Å². The lowest BCUT2D eigenvalue weighted by molar-refractivity contribution is 0.0737. The number of phenolic OH excluding ortho intramolecular Hbond substituents is 1. The lowest BCUT2D eigenvalue weighted by atomic mass is 9.68. The van der Waals surface area contributed by atoms with Crippen molar-refractivity contribution in [3.8, 4) is 5.75 Å². The fourth-order valence-electron chi connectivity index (χ4n) is 4.67. The molecule has 0 aliphatic heterocycles. The Balaban J connectivity index is 1.83. The van der Waals surface area contributed by atoms with E-state index in [9.17, 15) is 9.90 Å². The molecule has 114 valence electrons. The average Bonchev–Trinajstić information content (AvgIpc) is 2.89. The minimum atomic E-state index is -0.0232. The Labute approximate surface area is 126 Å². The number of hydrogen-bond acceptors (Lipinski definition) is 2. The van der Waals surface area contributed by atoms with Gasteiger partial charge in [0.25, 0.3) is 5.91 Å². The smallest absolute Gasteiger partial charge is 0.251 e. The second-order valence-corrected chi connectivity index (χ2v) is 7.82. The topological polar surface area (TPSA) is 49.3 Å². The maximum absolute atomic E-state index is 12.6. The second kappa shape index (κ2) is 4.49. The highest BCUT2D eigenvalue weighted by atomic mass is 16.3. The number of fused-ring (bicyclic) bond motifs is 2. The van der Waals surface area contributed by atoms with Crippen LogP contribution in [0.5, 0.6) is 5.75 Å². The summed E-state index contributed by atoms with van der Waals surface area (Å²) in [5, 5.41) is 12.9. The standard InChI is InChI=1S/C18H25NO2/c1-11-9-12(5-6-14(11)20)15(21)19-16-17(2,3)13-7-8-18(16,4)10-13/h5-6,9,13,16,20H,7-8,10H2,1-4H3,(H,19,21). The van der Waals surface area contributed by atoms with Gasteiger partial charge in [-0.15, -0.1) is 0 Å². The Bertz CT molecular complexity index is 588. The Kier molecular flexibility index (Phi) is 3.09. The molecular formula is C18H25NO2. The van der Waals surface area contributed by atoms with Crippen molar-refractivity contribution < 1.29 is 9.90 Å². The number of nitrogens with one attached hydrogen (secondary N) is 1. The molecule has 0 heterocycles. The van der Waals surface area contributed by atoms with Crippen molar-refractivity contribution in [2.24, 2.45) is 16.7 Å². The van der Waals surface area contributed by atoms with Crippen LogP contribution in [0.15, 0.2) is 18.2 Å². The van der Waals surface area contributed by atoms with Crippen LogP contribution in [-0.4, -0.2) is 17.1 Å². The van der Waals surface area contributed by atoms with E-state index in [0.717, 1.165) is 5.56 Å². The molecule has 0 spiro atoms. The van der Waals surface area contributed by atoms with Gasteiger partial charge in [-0.3, -0.25) is 4.79 Å². The molecular weight excluding hydrogens is 262 g/mol. The van der Waals surface area contributed by atoms with Crippen molar-refractivity contribution in [2.75, 3.05) is 0 Å². The Hall–Kier alpha value is -1.51. The van der Waals surface area contributed by atoms with Gasteiger partial charge in [-0.2, -0.15) is 0 Å². The number of aryl methyl sites for hydroxylation is 1. The number of amides is 1. The molecule has 3 atom stereocenters. The number of hydrogen-bond donors (Lipinski definition) is 2. The van der Waals surface area contributed by atoms with Gasteiger partial charge >= 0.3 is 0 Å². The average molecular weight is 287 g/mol. The first kappa shape index (κ1) is 14.4. The number of aromatic hydroxyl groups is 1. The van der Waals surface area contributed by atoms with E-state index in [-0.39, 0.29) is 28.5 Å². The molecule has 3 heteroatoms. The molecule has 2 N–H and O–H groups in total. The normalized spacial score (nSPS) is 33.1. The van der Waals surface area contributed by atoms with Gasteiger partial charge in [-0.25, -0.2) is 0 Å². The molecule has 2 fully saturated rings. The molecule has 0 radical (unpaired) electrons. The van der Waals surface area contributed by atoms with Crippen LogP contribution < -0.4 is 5.32 Å². The molecule has 3 nitrogen and oxygen atoms in total. The minimum absolute atomic E-state index is 0.0232. The fraction of sp³-hybridized carbons (Fsp3) is 0.611. The highest BCUT2D eigenvalue weighted by Crippen LogP contribution is 2.62. The first-order valence-corrected chi connectivity index (χ1v) is 7.84. The van der Waals surface area contributed by atoms with Crippen molar-refractivity contribution in [3.63, 3.8) is 0 Å². The quantitative estimate of drug-likeness (QED) is 0.872. The SMILES string of the molecule is Cc1cc(C(=O)NC2C3(C)CCC(C3)C2(C)C)ccc1O. The molecule has 1 amide bonds. The highest BCUT2D eigenvalue weighted by molar-refractivity contribution is 5.95. The third kappa shape index (κ3) is 2.14. The number of carbonyl (C=O) groups excluding carboxylic acids is 1. The van der Waals surface area contributed by atoms with Crippen LogP contribution in [0.1, 0.15) is 56.0 Å². The summed E-state index contributed by atoms with van der Waals surface area (Å²) in [5.74, 6) is 0.929. The molecule has 2 aliphatic carbocycles. The van der Waals surface area contributed by atoms with Gasteiger partial charge in [0.15, 0.2) is 0 Å². The zero-order valence-corrected chi connectivity index (χ0v) is 13.4. The van der Waals surface area contributed by atoms with E-state index in [1.54, 1.807) is 18.2 Å². The van der Waals surface area contributed by atoms with Gasteiger partial charge in [-0.05, 0) is 66.7 Å². The van der Waals surface area contributed by atoms with Crippen LogP contribution in [0, 0.1) is 23.7 Å². The third-order valence-electron chi connectivity index (χ3n) is 6.00. The molecule has 3 rings (SSSR count). The van der Waals surface area contributed by atoms with Crippen LogP contribution in [0.4, 0.5) is 0 Å². The Morgan fingerprint density at radius 1 is 1.33 bits per heavy atom. The Morgan fingerprint density at radius 3 is 2.62 bits per heavy atom. The van der Waals surface area contributed by atoms with Crippen molar-refractivity contribution in [2.45, 2.75) is 53.0 Å². The van der Waals surface area contributed by atoms with Gasteiger partial charge in [0.05, 0.1) is 0 Å². The number of carbonyl (C=O) groups is 1. The van der Waals surface area contributed by atoms with Crippen LogP contribution in [0.3, 0.4) is 0 Å². The van der Waals surface area contributed by atoms with E-state index in [1.807, 2.05) is 6.92 Å². The largest absolute Gasteiger partial charge is 0.508 e. The zero-order chi connectivity index (χ0) is 15.4. The summed E-state index contributed by atoms with van der Waals surface area (Å²) in [7, 11) is 0. The summed E-state index contributed by atoms with van der Waals surface area (Å²) in [6.07, 6.45) is 3.72. The zero-order valence-electron chi connectivity index (χ0n) is 13.4. The lowest BCUT2D eigenvalue weighted by Gasteiger charge is -2.43. The first-order chi connectivity index (χ1) is 9.74. The van der Waals surface area contributed by atoms with Gasteiger partial charge in [0.1, 0.15) is 5.75 Å². The van der Waals surface area contributed by atoms with E-state index in [1.165, 1.54) is 19.3 Å².